The number of aryl methyl sites for hydroxylation is 1. The maximum absolute atomic E-state index is 12.3. The second-order valence-electron chi connectivity index (χ2n) is 6.53. The standard InChI is InChI=1S/C18H26N2O2/c1-14-4-2-5-17(12-14)22-11-3-6-18(21)20-10-9-15-7-8-16(13-20)19-15/h2,4-5,12,15-16,19H,3,6-11,13H2,1H3. The van der Waals surface area contributed by atoms with Crippen molar-refractivity contribution in [3.63, 3.8) is 0 Å². The Morgan fingerprint density at radius 3 is 3.05 bits per heavy atom. The first-order chi connectivity index (χ1) is 10.7. The van der Waals surface area contributed by atoms with Crippen LogP contribution in [0.25, 0.3) is 0 Å². The van der Waals surface area contributed by atoms with Gasteiger partial charge in [-0.3, -0.25) is 4.79 Å². The fourth-order valence-corrected chi connectivity index (χ4v) is 3.45. The van der Waals surface area contributed by atoms with E-state index in [4.69, 9.17) is 4.74 Å². The van der Waals surface area contributed by atoms with Crippen LogP contribution in [0.5, 0.6) is 5.75 Å². The van der Waals surface area contributed by atoms with Crippen molar-refractivity contribution in [1.29, 1.82) is 0 Å². The van der Waals surface area contributed by atoms with Gasteiger partial charge in [0.15, 0.2) is 0 Å². The summed E-state index contributed by atoms with van der Waals surface area (Å²) in [6.07, 6.45) is 4.96. The Hall–Kier alpha value is -1.55. The highest BCUT2D eigenvalue weighted by Gasteiger charge is 2.30. The zero-order valence-electron chi connectivity index (χ0n) is 13.4. The normalized spacial score (nSPS) is 24.1. The van der Waals surface area contributed by atoms with E-state index in [1.165, 1.54) is 18.4 Å². The Bertz CT molecular complexity index is 518. The number of likely N-dealkylation sites (tertiary alicyclic amines) is 1. The van der Waals surface area contributed by atoms with Gasteiger partial charge in [-0.2, -0.15) is 0 Å². The highest BCUT2D eigenvalue weighted by molar-refractivity contribution is 5.76. The van der Waals surface area contributed by atoms with E-state index < -0.39 is 0 Å². The van der Waals surface area contributed by atoms with Crippen LogP contribution in [0.3, 0.4) is 0 Å². The Balaban J connectivity index is 1.39. The molecule has 0 aliphatic carbocycles. The van der Waals surface area contributed by atoms with Crippen molar-refractivity contribution in [2.45, 2.75) is 51.1 Å². The van der Waals surface area contributed by atoms with Gasteiger partial charge in [0, 0.05) is 31.6 Å². The molecule has 2 saturated heterocycles. The summed E-state index contributed by atoms with van der Waals surface area (Å²) < 4.78 is 5.72. The third-order valence-electron chi connectivity index (χ3n) is 4.67. The predicted octanol–water partition coefficient (Wildman–Crippen LogP) is 2.51. The van der Waals surface area contributed by atoms with Crippen LogP contribution in [0.15, 0.2) is 24.3 Å². The molecule has 120 valence electrons. The van der Waals surface area contributed by atoms with Crippen molar-refractivity contribution in [3.05, 3.63) is 29.8 Å². The fraction of sp³-hybridized carbons (Fsp3) is 0.611. The number of rotatable bonds is 5. The van der Waals surface area contributed by atoms with Crippen LogP contribution in [-0.4, -0.2) is 42.6 Å². The maximum Gasteiger partial charge on any atom is 0.222 e. The first-order valence-electron chi connectivity index (χ1n) is 8.44. The molecule has 2 fully saturated rings. The van der Waals surface area contributed by atoms with Crippen LogP contribution in [0.2, 0.25) is 0 Å². The topological polar surface area (TPSA) is 41.6 Å². The minimum Gasteiger partial charge on any atom is -0.494 e. The van der Waals surface area contributed by atoms with E-state index in [2.05, 4.69) is 18.3 Å². The Labute approximate surface area is 132 Å². The molecule has 1 N–H and O–H groups in total. The van der Waals surface area contributed by atoms with Gasteiger partial charge in [0.2, 0.25) is 5.91 Å². The second-order valence-corrected chi connectivity index (χ2v) is 6.53. The number of carbonyl (C=O) groups is 1. The average Bonchev–Trinajstić information content (AvgIpc) is 2.83. The summed E-state index contributed by atoms with van der Waals surface area (Å²) in [4.78, 5) is 14.4. The van der Waals surface area contributed by atoms with Gasteiger partial charge in [0.05, 0.1) is 6.61 Å². The first kappa shape index (κ1) is 15.3. The quantitative estimate of drug-likeness (QED) is 0.850. The summed E-state index contributed by atoms with van der Waals surface area (Å²) >= 11 is 0. The molecule has 2 aliphatic rings. The number of nitrogens with zero attached hydrogens (tertiary/aromatic N) is 1. The van der Waals surface area contributed by atoms with Crippen molar-refractivity contribution in [2.75, 3.05) is 19.7 Å². The van der Waals surface area contributed by atoms with Gasteiger partial charge in [0.25, 0.3) is 0 Å². The summed E-state index contributed by atoms with van der Waals surface area (Å²) in [5.41, 5.74) is 1.20. The lowest BCUT2D eigenvalue weighted by molar-refractivity contribution is -0.131. The second kappa shape index (κ2) is 7.14. The monoisotopic (exact) mass is 302 g/mol. The lowest BCUT2D eigenvalue weighted by Crippen LogP contribution is -2.39. The van der Waals surface area contributed by atoms with E-state index in [1.54, 1.807) is 0 Å². The number of fused-ring (bicyclic) bond motifs is 2. The average molecular weight is 302 g/mol. The molecule has 0 spiro atoms. The Morgan fingerprint density at radius 1 is 1.32 bits per heavy atom. The molecule has 2 atom stereocenters. The Morgan fingerprint density at radius 2 is 2.18 bits per heavy atom. The highest BCUT2D eigenvalue weighted by Crippen LogP contribution is 2.21. The van der Waals surface area contributed by atoms with Crippen molar-refractivity contribution < 1.29 is 9.53 Å². The van der Waals surface area contributed by atoms with E-state index in [1.807, 2.05) is 23.1 Å². The number of amides is 1. The van der Waals surface area contributed by atoms with E-state index in [0.717, 1.165) is 31.7 Å². The molecular formula is C18H26N2O2. The first-order valence-corrected chi connectivity index (χ1v) is 8.44. The molecule has 2 unspecified atom stereocenters. The van der Waals surface area contributed by atoms with Gasteiger partial charge in [-0.15, -0.1) is 0 Å². The molecule has 2 bridgehead atoms. The van der Waals surface area contributed by atoms with Gasteiger partial charge in [-0.1, -0.05) is 12.1 Å². The third kappa shape index (κ3) is 4.01. The molecule has 1 aromatic rings. The van der Waals surface area contributed by atoms with Crippen LogP contribution < -0.4 is 10.1 Å². The molecule has 4 nitrogen and oxygen atoms in total. The molecule has 2 heterocycles. The fourth-order valence-electron chi connectivity index (χ4n) is 3.45. The minimum atomic E-state index is 0.280. The predicted molar refractivity (Wildman–Crippen MR) is 87.1 cm³/mol. The molecular weight excluding hydrogens is 276 g/mol. The molecule has 3 rings (SSSR count). The van der Waals surface area contributed by atoms with Crippen LogP contribution in [-0.2, 0) is 4.79 Å². The molecule has 4 heteroatoms. The number of ether oxygens (including phenoxy) is 1. The van der Waals surface area contributed by atoms with Crippen molar-refractivity contribution >= 4 is 5.91 Å². The summed E-state index contributed by atoms with van der Waals surface area (Å²) in [5, 5.41) is 3.61. The zero-order chi connectivity index (χ0) is 15.4. The van der Waals surface area contributed by atoms with Crippen molar-refractivity contribution in [1.82, 2.24) is 10.2 Å². The van der Waals surface area contributed by atoms with E-state index in [9.17, 15) is 4.79 Å². The summed E-state index contributed by atoms with van der Waals surface area (Å²) in [5.74, 6) is 1.17. The van der Waals surface area contributed by atoms with Gasteiger partial charge in [0.1, 0.15) is 5.75 Å². The van der Waals surface area contributed by atoms with Crippen molar-refractivity contribution in [2.24, 2.45) is 0 Å². The number of nitrogens with one attached hydrogen (secondary N) is 1. The number of hydrogen-bond donors (Lipinski definition) is 1. The molecule has 1 aromatic carbocycles. The smallest absolute Gasteiger partial charge is 0.222 e. The lowest BCUT2D eigenvalue weighted by atomic mass is 10.1. The molecule has 0 aromatic heterocycles. The van der Waals surface area contributed by atoms with Gasteiger partial charge in [-0.25, -0.2) is 0 Å². The number of carbonyl (C=O) groups excluding carboxylic acids is 1. The van der Waals surface area contributed by atoms with Gasteiger partial charge < -0.3 is 15.0 Å². The molecule has 1 amide bonds. The SMILES string of the molecule is Cc1cccc(OCCCC(=O)N2CCC3CCC(C2)N3)c1. The molecule has 22 heavy (non-hydrogen) atoms. The highest BCUT2D eigenvalue weighted by atomic mass is 16.5. The summed E-state index contributed by atoms with van der Waals surface area (Å²) in [6, 6.07) is 9.19. The summed E-state index contributed by atoms with van der Waals surface area (Å²) in [7, 11) is 0. The summed E-state index contributed by atoms with van der Waals surface area (Å²) in [6.45, 7) is 4.45. The van der Waals surface area contributed by atoms with E-state index in [-0.39, 0.29) is 5.91 Å². The van der Waals surface area contributed by atoms with Gasteiger partial charge in [-0.05, 0) is 50.3 Å². The van der Waals surface area contributed by atoms with Crippen LogP contribution in [0.4, 0.5) is 0 Å². The lowest BCUT2D eigenvalue weighted by Gasteiger charge is -2.24. The third-order valence-corrected chi connectivity index (χ3v) is 4.67. The largest absolute Gasteiger partial charge is 0.494 e. The van der Waals surface area contributed by atoms with Crippen molar-refractivity contribution in [3.8, 4) is 5.75 Å². The number of hydrogen-bond acceptors (Lipinski definition) is 3. The molecule has 0 radical (unpaired) electrons. The Kier molecular flexibility index (Phi) is 4.98. The van der Waals surface area contributed by atoms with E-state index in [0.29, 0.717) is 25.1 Å². The minimum absolute atomic E-state index is 0.280. The molecule has 2 aliphatic heterocycles. The van der Waals surface area contributed by atoms with E-state index >= 15 is 0 Å². The van der Waals surface area contributed by atoms with Gasteiger partial charge >= 0.3 is 0 Å². The van der Waals surface area contributed by atoms with Crippen LogP contribution in [0.1, 0.15) is 37.7 Å². The number of benzene rings is 1. The maximum atomic E-state index is 12.3. The van der Waals surface area contributed by atoms with Crippen LogP contribution >= 0.6 is 0 Å². The molecule has 0 saturated carbocycles. The zero-order valence-corrected chi connectivity index (χ0v) is 13.4. The van der Waals surface area contributed by atoms with Crippen LogP contribution in [0, 0.1) is 6.92 Å².